The number of aromatic nitrogens is 2. The van der Waals surface area contributed by atoms with Crippen LogP contribution in [0.1, 0.15) is 50.5 Å². The second-order valence-corrected chi connectivity index (χ2v) is 5.61. The lowest BCUT2D eigenvalue weighted by molar-refractivity contribution is 0.162. The summed E-state index contributed by atoms with van der Waals surface area (Å²) < 4.78 is 0. The summed E-state index contributed by atoms with van der Waals surface area (Å²) in [6.07, 6.45) is 0.906. The van der Waals surface area contributed by atoms with Gasteiger partial charge in [-0.3, -0.25) is 9.69 Å². The standard InChI is InChI=1S/C14H25N5O/c1-4-10(19-7-5-16-6-8-19)13-17-12(15)11(9(2)3)14(20)18-13/h9-10,16H,4-8H2,1-3H3,(H3,15,17,18,20). The Hall–Kier alpha value is -1.40. The molecule has 1 aromatic heterocycles. The average molecular weight is 279 g/mol. The Morgan fingerprint density at radius 1 is 1.35 bits per heavy atom. The first-order chi connectivity index (χ1) is 9.54. The Morgan fingerprint density at radius 3 is 2.50 bits per heavy atom. The van der Waals surface area contributed by atoms with Crippen molar-refractivity contribution in [3.63, 3.8) is 0 Å². The Kier molecular flexibility index (Phi) is 4.77. The molecule has 1 unspecified atom stereocenters. The molecular weight excluding hydrogens is 254 g/mol. The molecule has 6 heteroatoms. The van der Waals surface area contributed by atoms with E-state index in [0.717, 1.165) is 32.6 Å². The smallest absolute Gasteiger partial charge is 0.256 e. The average Bonchev–Trinajstić information content (AvgIpc) is 2.39. The first-order valence-electron chi connectivity index (χ1n) is 7.39. The molecule has 1 saturated heterocycles. The second kappa shape index (κ2) is 6.37. The Morgan fingerprint density at radius 2 is 2.00 bits per heavy atom. The third kappa shape index (κ3) is 3.02. The van der Waals surface area contributed by atoms with Crippen LogP contribution in [0, 0.1) is 0 Å². The van der Waals surface area contributed by atoms with Gasteiger partial charge in [0, 0.05) is 26.2 Å². The summed E-state index contributed by atoms with van der Waals surface area (Å²) in [6, 6.07) is 0.133. The molecule has 0 spiro atoms. The van der Waals surface area contributed by atoms with Gasteiger partial charge in [-0.05, 0) is 12.3 Å². The zero-order valence-electron chi connectivity index (χ0n) is 12.6. The lowest BCUT2D eigenvalue weighted by Crippen LogP contribution is -2.45. The molecule has 112 valence electrons. The largest absolute Gasteiger partial charge is 0.383 e. The summed E-state index contributed by atoms with van der Waals surface area (Å²) in [5.41, 5.74) is 6.47. The van der Waals surface area contributed by atoms with Gasteiger partial charge in [0.05, 0.1) is 11.6 Å². The zero-order valence-corrected chi connectivity index (χ0v) is 12.6. The number of nitrogens with two attached hydrogens (primary N) is 1. The van der Waals surface area contributed by atoms with Gasteiger partial charge in [0.25, 0.3) is 5.56 Å². The van der Waals surface area contributed by atoms with Crippen LogP contribution < -0.4 is 16.6 Å². The second-order valence-electron chi connectivity index (χ2n) is 5.61. The van der Waals surface area contributed by atoms with Crippen molar-refractivity contribution >= 4 is 5.82 Å². The molecule has 2 heterocycles. The number of piperazine rings is 1. The van der Waals surface area contributed by atoms with Crippen molar-refractivity contribution in [1.29, 1.82) is 0 Å². The fourth-order valence-corrected chi connectivity index (χ4v) is 2.85. The van der Waals surface area contributed by atoms with Gasteiger partial charge in [-0.1, -0.05) is 20.8 Å². The maximum Gasteiger partial charge on any atom is 0.256 e. The molecule has 1 fully saturated rings. The normalized spacial score (nSPS) is 18.4. The Labute approximate surface area is 119 Å². The van der Waals surface area contributed by atoms with E-state index < -0.39 is 0 Å². The van der Waals surface area contributed by atoms with E-state index in [1.807, 2.05) is 13.8 Å². The van der Waals surface area contributed by atoms with Crippen LogP contribution in [0.25, 0.3) is 0 Å². The predicted molar refractivity (Wildman–Crippen MR) is 80.8 cm³/mol. The van der Waals surface area contributed by atoms with Gasteiger partial charge in [0.15, 0.2) is 0 Å². The number of nitrogens with one attached hydrogen (secondary N) is 2. The molecule has 1 aromatic rings. The van der Waals surface area contributed by atoms with Gasteiger partial charge in [-0.15, -0.1) is 0 Å². The molecule has 0 aromatic carbocycles. The SMILES string of the molecule is CCC(c1nc(N)c(C(C)C)c(=O)[nH]1)N1CCNCC1. The molecular formula is C14H25N5O. The first-order valence-corrected chi connectivity index (χ1v) is 7.39. The number of rotatable bonds is 4. The lowest BCUT2D eigenvalue weighted by Gasteiger charge is -2.33. The summed E-state index contributed by atoms with van der Waals surface area (Å²) in [7, 11) is 0. The van der Waals surface area contributed by atoms with E-state index in [0.29, 0.717) is 17.2 Å². The molecule has 0 aliphatic carbocycles. The van der Waals surface area contributed by atoms with Crippen LogP contribution in [-0.2, 0) is 0 Å². The maximum atomic E-state index is 12.2. The molecule has 4 N–H and O–H groups in total. The van der Waals surface area contributed by atoms with Gasteiger partial charge in [-0.25, -0.2) is 4.98 Å². The lowest BCUT2D eigenvalue weighted by atomic mass is 10.1. The van der Waals surface area contributed by atoms with Crippen LogP contribution >= 0.6 is 0 Å². The predicted octanol–water partition coefficient (Wildman–Crippen LogP) is 0.832. The van der Waals surface area contributed by atoms with Crippen molar-refractivity contribution in [2.24, 2.45) is 0 Å². The quantitative estimate of drug-likeness (QED) is 0.760. The summed E-state index contributed by atoms with van der Waals surface area (Å²) in [6.45, 7) is 9.90. The van der Waals surface area contributed by atoms with Gasteiger partial charge >= 0.3 is 0 Å². The molecule has 6 nitrogen and oxygen atoms in total. The number of H-pyrrole nitrogens is 1. The van der Waals surface area contributed by atoms with Crippen LogP contribution in [0.3, 0.4) is 0 Å². The molecule has 0 radical (unpaired) electrons. The minimum absolute atomic E-state index is 0.0829. The molecule has 0 saturated carbocycles. The maximum absolute atomic E-state index is 12.2. The third-order valence-electron chi connectivity index (χ3n) is 3.88. The van der Waals surface area contributed by atoms with Crippen molar-refractivity contribution in [2.45, 2.75) is 39.2 Å². The molecule has 1 atom stereocenters. The van der Waals surface area contributed by atoms with Crippen molar-refractivity contribution in [2.75, 3.05) is 31.9 Å². The highest BCUT2D eigenvalue weighted by Gasteiger charge is 2.24. The molecule has 2 rings (SSSR count). The highest BCUT2D eigenvalue weighted by Crippen LogP contribution is 2.23. The number of aromatic amines is 1. The van der Waals surface area contributed by atoms with Crippen molar-refractivity contribution in [3.05, 3.63) is 21.7 Å². The summed E-state index contributed by atoms with van der Waals surface area (Å²) in [5.74, 6) is 1.15. The minimum Gasteiger partial charge on any atom is -0.383 e. The van der Waals surface area contributed by atoms with Crippen LogP contribution in [0.5, 0.6) is 0 Å². The van der Waals surface area contributed by atoms with E-state index in [-0.39, 0.29) is 17.5 Å². The number of hydrogen-bond donors (Lipinski definition) is 3. The van der Waals surface area contributed by atoms with E-state index in [1.54, 1.807) is 0 Å². The van der Waals surface area contributed by atoms with Crippen LogP contribution in [0.15, 0.2) is 4.79 Å². The molecule has 0 bridgehead atoms. The fourth-order valence-electron chi connectivity index (χ4n) is 2.85. The zero-order chi connectivity index (χ0) is 14.7. The number of anilines is 1. The topological polar surface area (TPSA) is 87.0 Å². The van der Waals surface area contributed by atoms with Gasteiger partial charge in [0.1, 0.15) is 11.6 Å². The van der Waals surface area contributed by atoms with Crippen LogP contribution in [-0.4, -0.2) is 41.0 Å². The molecule has 1 aliphatic rings. The van der Waals surface area contributed by atoms with Crippen LogP contribution in [0.4, 0.5) is 5.82 Å². The van der Waals surface area contributed by atoms with Crippen molar-refractivity contribution < 1.29 is 0 Å². The van der Waals surface area contributed by atoms with Gasteiger partial charge in [0.2, 0.25) is 0 Å². The minimum atomic E-state index is -0.101. The molecule has 20 heavy (non-hydrogen) atoms. The summed E-state index contributed by atoms with van der Waals surface area (Å²) >= 11 is 0. The molecule has 0 amide bonds. The van der Waals surface area contributed by atoms with E-state index in [9.17, 15) is 4.79 Å². The first kappa shape index (κ1) is 15.0. The fraction of sp³-hybridized carbons (Fsp3) is 0.714. The van der Waals surface area contributed by atoms with Crippen molar-refractivity contribution in [3.8, 4) is 0 Å². The number of nitrogen functional groups attached to an aromatic ring is 1. The van der Waals surface area contributed by atoms with E-state index in [2.05, 4.69) is 27.1 Å². The number of hydrogen-bond acceptors (Lipinski definition) is 5. The van der Waals surface area contributed by atoms with E-state index in [1.165, 1.54) is 0 Å². The van der Waals surface area contributed by atoms with E-state index in [4.69, 9.17) is 5.73 Å². The van der Waals surface area contributed by atoms with E-state index >= 15 is 0 Å². The van der Waals surface area contributed by atoms with Crippen LogP contribution in [0.2, 0.25) is 0 Å². The Bertz CT molecular complexity index is 505. The highest BCUT2D eigenvalue weighted by atomic mass is 16.1. The molecule has 1 aliphatic heterocycles. The third-order valence-corrected chi connectivity index (χ3v) is 3.88. The van der Waals surface area contributed by atoms with Crippen molar-refractivity contribution in [1.82, 2.24) is 20.2 Å². The van der Waals surface area contributed by atoms with Gasteiger partial charge in [-0.2, -0.15) is 0 Å². The summed E-state index contributed by atoms with van der Waals surface area (Å²) in [5, 5.41) is 3.33. The summed E-state index contributed by atoms with van der Waals surface area (Å²) in [4.78, 5) is 21.9. The van der Waals surface area contributed by atoms with Gasteiger partial charge < -0.3 is 16.0 Å². The Balaban J connectivity index is 2.33. The monoisotopic (exact) mass is 279 g/mol. The number of nitrogens with zero attached hydrogens (tertiary/aromatic N) is 2. The highest BCUT2D eigenvalue weighted by molar-refractivity contribution is 5.40.